The molecule has 3 N–H and O–H groups in total. The molecule has 108 valence electrons. The summed E-state index contributed by atoms with van der Waals surface area (Å²) < 4.78 is 5.59. The molecule has 1 aromatic rings. The summed E-state index contributed by atoms with van der Waals surface area (Å²) in [5, 5.41) is 8.78. The van der Waals surface area contributed by atoms with Gasteiger partial charge in [0.25, 0.3) is 0 Å². The van der Waals surface area contributed by atoms with Crippen molar-refractivity contribution in [2.24, 2.45) is 5.73 Å². The zero-order valence-electron chi connectivity index (χ0n) is 11.2. The maximum atomic E-state index is 10.7. The fourth-order valence-corrected chi connectivity index (χ4v) is 3.02. The molecule has 20 heavy (non-hydrogen) atoms. The molecular formula is C15H19NO3S. The quantitative estimate of drug-likeness (QED) is 0.620. The molecule has 1 fully saturated rings. The van der Waals surface area contributed by atoms with E-state index in [0.717, 1.165) is 29.2 Å². The number of rotatable bonds is 6. The first kappa shape index (κ1) is 15.1. The lowest BCUT2D eigenvalue weighted by Gasteiger charge is -2.11. The van der Waals surface area contributed by atoms with Crippen LogP contribution in [0.15, 0.2) is 41.3 Å². The van der Waals surface area contributed by atoms with Crippen LogP contribution in [-0.2, 0) is 16.0 Å². The van der Waals surface area contributed by atoms with Crippen molar-refractivity contribution in [3.63, 3.8) is 0 Å². The van der Waals surface area contributed by atoms with E-state index in [1.54, 1.807) is 11.8 Å². The fraction of sp³-hybridized carbons (Fsp3) is 0.400. The molecule has 2 unspecified atom stereocenters. The molecule has 0 amide bonds. The third-order valence-electron chi connectivity index (χ3n) is 3.30. The van der Waals surface area contributed by atoms with Gasteiger partial charge >= 0.3 is 5.97 Å². The number of thioether (sulfide) groups is 1. The van der Waals surface area contributed by atoms with Crippen LogP contribution in [0, 0.1) is 0 Å². The van der Waals surface area contributed by atoms with Crippen LogP contribution in [0.4, 0.5) is 0 Å². The van der Waals surface area contributed by atoms with Crippen LogP contribution in [0.25, 0.3) is 0 Å². The van der Waals surface area contributed by atoms with Crippen LogP contribution in [0.5, 0.6) is 0 Å². The summed E-state index contributed by atoms with van der Waals surface area (Å²) in [6, 6.07) is 6.99. The van der Waals surface area contributed by atoms with Gasteiger partial charge in [0.1, 0.15) is 6.04 Å². The van der Waals surface area contributed by atoms with E-state index in [-0.39, 0.29) is 6.10 Å². The Morgan fingerprint density at radius 1 is 1.50 bits per heavy atom. The van der Waals surface area contributed by atoms with Crippen LogP contribution < -0.4 is 5.73 Å². The fourth-order valence-electron chi connectivity index (χ4n) is 2.01. The molecule has 2 rings (SSSR count). The van der Waals surface area contributed by atoms with E-state index in [1.165, 1.54) is 5.57 Å². The smallest absolute Gasteiger partial charge is 0.320 e. The number of carboxylic acids is 1. The second-order valence-electron chi connectivity index (χ2n) is 4.87. The van der Waals surface area contributed by atoms with Gasteiger partial charge < -0.3 is 15.6 Å². The predicted molar refractivity (Wildman–Crippen MR) is 80.0 cm³/mol. The molecule has 1 heterocycles. The second-order valence-corrected chi connectivity index (χ2v) is 5.96. The second kappa shape index (κ2) is 6.92. The minimum atomic E-state index is -0.972. The lowest BCUT2D eigenvalue weighted by atomic mass is 10.1. The van der Waals surface area contributed by atoms with Crippen molar-refractivity contribution in [3.8, 4) is 0 Å². The highest BCUT2D eigenvalue weighted by Gasteiger charge is 2.19. The molecule has 0 aliphatic carbocycles. The molecule has 1 saturated heterocycles. The Labute approximate surface area is 123 Å². The van der Waals surface area contributed by atoms with Crippen LogP contribution in [-0.4, -0.2) is 35.6 Å². The summed E-state index contributed by atoms with van der Waals surface area (Å²) in [6.45, 7) is 4.78. The van der Waals surface area contributed by atoms with Crippen LogP contribution in [0.1, 0.15) is 12.0 Å². The average molecular weight is 293 g/mol. The SMILES string of the molecule is C=C1CCOC1CSc1ccc(CC(N)C(=O)O)cc1. The van der Waals surface area contributed by atoms with Crippen molar-refractivity contribution in [1.29, 1.82) is 0 Å². The highest BCUT2D eigenvalue weighted by atomic mass is 32.2. The molecule has 0 bridgehead atoms. The summed E-state index contributed by atoms with van der Waals surface area (Å²) in [6.07, 6.45) is 1.46. The van der Waals surface area contributed by atoms with Gasteiger partial charge in [0.2, 0.25) is 0 Å². The molecule has 0 aromatic heterocycles. The zero-order valence-corrected chi connectivity index (χ0v) is 12.1. The summed E-state index contributed by atoms with van der Waals surface area (Å²) >= 11 is 1.72. The van der Waals surface area contributed by atoms with Crippen molar-refractivity contribution in [2.45, 2.75) is 29.9 Å². The molecule has 1 aromatic carbocycles. The number of ether oxygens (including phenoxy) is 1. The van der Waals surface area contributed by atoms with Gasteiger partial charge in [-0.25, -0.2) is 0 Å². The van der Waals surface area contributed by atoms with Gasteiger partial charge in [-0.3, -0.25) is 4.79 Å². The lowest BCUT2D eigenvalue weighted by Crippen LogP contribution is -2.32. The van der Waals surface area contributed by atoms with E-state index in [2.05, 4.69) is 6.58 Å². The maximum Gasteiger partial charge on any atom is 0.320 e. The molecule has 0 radical (unpaired) electrons. The van der Waals surface area contributed by atoms with Crippen molar-refractivity contribution < 1.29 is 14.6 Å². The third-order valence-corrected chi connectivity index (χ3v) is 4.37. The topological polar surface area (TPSA) is 72.5 Å². The Bertz CT molecular complexity index is 486. The monoisotopic (exact) mass is 293 g/mol. The maximum absolute atomic E-state index is 10.7. The first-order valence-corrected chi connectivity index (χ1v) is 7.54. The van der Waals surface area contributed by atoms with Gasteiger partial charge in [-0.05, 0) is 36.1 Å². The first-order valence-electron chi connectivity index (χ1n) is 6.55. The predicted octanol–water partition coefficient (Wildman–Crippen LogP) is 2.08. The van der Waals surface area contributed by atoms with Gasteiger partial charge in [-0.15, -0.1) is 11.8 Å². The highest BCUT2D eigenvalue weighted by molar-refractivity contribution is 7.99. The number of hydrogen-bond acceptors (Lipinski definition) is 4. The number of nitrogens with two attached hydrogens (primary N) is 1. The zero-order chi connectivity index (χ0) is 14.5. The Morgan fingerprint density at radius 3 is 2.75 bits per heavy atom. The van der Waals surface area contributed by atoms with Gasteiger partial charge in [0.05, 0.1) is 12.7 Å². The van der Waals surface area contributed by atoms with Crippen LogP contribution in [0.2, 0.25) is 0 Å². The largest absolute Gasteiger partial charge is 0.480 e. The van der Waals surface area contributed by atoms with Crippen molar-refractivity contribution in [1.82, 2.24) is 0 Å². The molecule has 1 aliphatic rings. The highest BCUT2D eigenvalue weighted by Crippen LogP contribution is 2.26. The van der Waals surface area contributed by atoms with Gasteiger partial charge in [-0.2, -0.15) is 0 Å². The molecule has 0 saturated carbocycles. The number of carboxylic acid groups (broad SMARTS) is 1. The van der Waals surface area contributed by atoms with E-state index in [9.17, 15) is 4.79 Å². The summed E-state index contributed by atoms with van der Waals surface area (Å²) in [4.78, 5) is 11.8. The lowest BCUT2D eigenvalue weighted by molar-refractivity contribution is -0.138. The van der Waals surface area contributed by atoms with Gasteiger partial charge in [0.15, 0.2) is 0 Å². The van der Waals surface area contributed by atoms with Gasteiger partial charge in [-0.1, -0.05) is 18.7 Å². The first-order chi connectivity index (χ1) is 9.56. The van der Waals surface area contributed by atoms with E-state index in [1.807, 2.05) is 24.3 Å². The van der Waals surface area contributed by atoms with E-state index in [0.29, 0.717) is 6.42 Å². The normalized spacial score (nSPS) is 20.1. The molecule has 5 heteroatoms. The van der Waals surface area contributed by atoms with Gasteiger partial charge in [0, 0.05) is 10.6 Å². The van der Waals surface area contributed by atoms with E-state index < -0.39 is 12.0 Å². The van der Waals surface area contributed by atoms with Crippen LogP contribution >= 0.6 is 11.8 Å². The Morgan fingerprint density at radius 2 is 2.20 bits per heavy atom. The minimum Gasteiger partial charge on any atom is -0.480 e. The van der Waals surface area contributed by atoms with E-state index in [4.69, 9.17) is 15.6 Å². The number of aliphatic carboxylic acids is 1. The van der Waals surface area contributed by atoms with Crippen molar-refractivity contribution >= 4 is 17.7 Å². The Kier molecular flexibility index (Phi) is 5.23. The minimum absolute atomic E-state index is 0.153. The van der Waals surface area contributed by atoms with Crippen LogP contribution in [0.3, 0.4) is 0 Å². The Hall–Kier alpha value is -1.30. The van der Waals surface area contributed by atoms with Crippen molar-refractivity contribution in [2.75, 3.05) is 12.4 Å². The third kappa shape index (κ3) is 4.10. The molecule has 0 spiro atoms. The van der Waals surface area contributed by atoms with E-state index >= 15 is 0 Å². The molecule has 2 atom stereocenters. The van der Waals surface area contributed by atoms with Crippen molar-refractivity contribution in [3.05, 3.63) is 42.0 Å². The summed E-state index contributed by atoms with van der Waals surface area (Å²) in [7, 11) is 0. The number of carbonyl (C=O) groups is 1. The Balaban J connectivity index is 1.85. The molecule has 1 aliphatic heterocycles. The number of benzene rings is 1. The average Bonchev–Trinajstić information content (AvgIpc) is 2.83. The molecule has 4 nitrogen and oxygen atoms in total. The standard InChI is InChI=1S/C15H19NO3S/c1-10-6-7-19-14(10)9-20-12-4-2-11(3-5-12)8-13(16)15(17)18/h2-5,13-14H,1,6-9,16H2,(H,17,18). The summed E-state index contributed by atoms with van der Waals surface area (Å²) in [5.74, 6) is -0.104. The summed E-state index contributed by atoms with van der Waals surface area (Å²) in [5.41, 5.74) is 7.62. The number of hydrogen-bond donors (Lipinski definition) is 2. The molecular weight excluding hydrogens is 274 g/mol.